The molecular formula is C25H24N2O4. The van der Waals surface area contributed by atoms with E-state index in [1.54, 1.807) is 35.2 Å². The van der Waals surface area contributed by atoms with Crippen molar-refractivity contribution in [2.45, 2.75) is 19.4 Å². The van der Waals surface area contributed by atoms with Crippen molar-refractivity contribution >= 4 is 17.5 Å². The standard InChI is InChI=1S/C25H24N2O4/c1-2-16-26-24(28)23-17-27(21-10-6-7-11-22(21)31-23)25(29)18-12-14-20(15-13-18)30-19-8-4-3-5-9-19/h3-15,23H,2,16-17H2,1H3,(H,26,28)/t23-/m0/s1. The number of carbonyl (C=O) groups excluding carboxylic acids is 2. The van der Waals surface area contributed by atoms with E-state index in [9.17, 15) is 9.59 Å². The fraction of sp³-hybridized carbons (Fsp3) is 0.200. The maximum absolute atomic E-state index is 13.3. The maximum Gasteiger partial charge on any atom is 0.262 e. The van der Waals surface area contributed by atoms with E-state index in [1.165, 1.54) is 0 Å². The second-order valence-corrected chi connectivity index (χ2v) is 7.22. The van der Waals surface area contributed by atoms with Crippen molar-refractivity contribution in [1.29, 1.82) is 0 Å². The first-order chi connectivity index (χ1) is 15.2. The quantitative estimate of drug-likeness (QED) is 0.646. The van der Waals surface area contributed by atoms with Crippen LogP contribution in [-0.4, -0.2) is 31.0 Å². The molecule has 2 amide bonds. The Labute approximate surface area is 181 Å². The minimum absolute atomic E-state index is 0.146. The summed E-state index contributed by atoms with van der Waals surface area (Å²) in [4.78, 5) is 27.4. The number of rotatable bonds is 6. The molecule has 0 saturated carbocycles. The van der Waals surface area contributed by atoms with Gasteiger partial charge in [0.1, 0.15) is 17.2 Å². The minimum atomic E-state index is -0.758. The molecule has 0 aliphatic carbocycles. The van der Waals surface area contributed by atoms with E-state index in [0.29, 0.717) is 29.3 Å². The number of amides is 2. The largest absolute Gasteiger partial charge is 0.477 e. The molecule has 6 heteroatoms. The third-order valence-corrected chi connectivity index (χ3v) is 4.94. The topological polar surface area (TPSA) is 67.9 Å². The van der Waals surface area contributed by atoms with Crippen LogP contribution >= 0.6 is 0 Å². The Kier molecular flexibility index (Phi) is 6.17. The molecule has 3 aromatic carbocycles. The molecule has 0 bridgehead atoms. The Balaban J connectivity index is 1.54. The third-order valence-electron chi connectivity index (χ3n) is 4.94. The number of hydrogen-bond acceptors (Lipinski definition) is 4. The summed E-state index contributed by atoms with van der Waals surface area (Å²) in [5, 5.41) is 2.84. The van der Waals surface area contributed by atoms with Gasteiger partial charge >= 0.3 is 0 Å². The van der Waals surface area contributed by atoms with Crippen LogP contribution in [0.5, 0.6) is 17.2 Å². The van der Waals surface area contributed by atoms with Crippen molar-refractivity contribution in [1.82, 2.24) is 5.32 Å². The SMILES string of the molecule is CCCNC(=O)[C@@H]1CN(C(=O)c2ccc(Oc3ccccc3)cc2)c2ccccc2O1. The molecule has 0 saturated heterocycles. The molecule has 31 heavy (non-hydrogen) atoms. The van der Waals surface area contributed by atoms with Gasteiger partial charge in [0, 0.05) is 12.1 Å². The van der Waals surface area contributed by atoms with Crippen LogP contribution in [0.2, 0.25) is 0 Å². The summed E-state index contributed by atoms with van der Waals surface area (Å²) in [6.07, 6.45) is 0.0702. The number of nitrogens with zero attached hydrogens (tertiary/aromatic N) is 1. The van der Waals surface area contributed by atoms with Crippen LogP contribution in [0.4, 0.5) is 5.69 Å². The minimum Gasteiger partial charge on any atom is -0.477 e. The van der Waals surface area contributed by atoms with Crippen LogP contribution in [0, 0.1) is 0 Å². The average molecular weight is 416 g/mol. The van der Waals surface area contributed by atoms with E-state index < -0.39 is 6.10 Å². The van der Waals surface area contributed by atoms with E-state index in [0.717, 1.165) is 12.2 Å². The molecule has 3 aromatic rings. The molecule has 0 unspecified atom stereocenters. The summed E-state index contributed by atoms with van der Waals surface area (Å²) in [5.41, 5.74) is 1.15. The van der Waals surface area contributed by atoms with Gasteiger partial charge in [0.25, 0.3) is 11.8 Å². The highest BCUT2D eigenvalue weighted by Crippen LogP contribution is 2.34. The van der Waals surface area contributed by atoms with Gasteiger partial charge in [0.05, 0.1) is 12.2 Å². The molecule has 1 heterocycles. The van der Waals surface area contributed by atoms with E-state index in [4.69, 9.17) is 9.47 Å². The van der Waals surface area contributed by atoms with E-state index >= 15 is 0 Å². The summed E-state index contributed by atoms with van der Waals surface area (Å²) in [5.74, 6) is 1.46. The fourth-order valence-electron chi connectivity index (χ4n) is 3.37. The van der Waals surface area contributed by atoms with Gasteiger partial charge < -0.3 is 19.7 Å². The molecule has 1 atom stereocenters. The van der Waals surface area contributed by atoms with Crippen molar-refractivity contribution in [2.75, 3.05) is 18.0 Å². The second kappa shape index (κ2) is 9.34. The predicted molar refractivity (Wildman–Crippen MR) is 119 cm³/mol. The summed E-state index contributed by atoms with van der Waals surface area (Å²) < 4.78 is 11.7. The van der Waals surface area contributed by atoms with Gasteiger partial charge in [-0.05, 0) is 55.0 Å². The summed E-state index contributed by atoms with van der Waals surface area (Å²) in [6.45, 7) is 2.70. The highest BCUT2D eigenvalue weighted by atomic mass is 16.5. The lowest BCUT2D eigenvalue weighted by Gasteiger charge is -2.34. The molecule has 0 fully saturated rings. The maximum atomic E-state index is 13.3. The molecule has 1 aliphatic heterocycles. The molecule has 1 N–H and O–H groups in total. The monoisotopic (exact) mass is 416 g/mol. The van der Waals surface area contributed by atoms with Gasteiger partial charge in [-0.1, -0.05) is 37.3 Å². The average Bonchev–Trinajstić information content (AvgIpc) is 2.82. The van der Waals surface area contributed by atoms with Crippen molar-refractivity contribution in [3.63, 3.8) is 0 Å². The first kappa shape index (κ1) is 20.5. The van der Waals surface area contributed by atoms with Gasteiger partial charge in [-0.3, -0.25) is 9.59 Å². The van der Waals surface area contributed by atoms with Crippen LogP contribution in [0.25, 0.3) is 0 Å². The predicted octanol–water partition coefficient (Wildman–Crippen LogP) is 4.41. The molecule has 4 rings (SSSR count). The van der Waals surface area contributed by atoms with Gasteiger partial charge in [0.2, 0.25) is 0 Å². The number of hydrogen-bond donors (Lipinski definition) is 1. The van der Waals surface area contributed by atoms with Crippen LogP contribution in [0.3, 0.4) is 0 Å². The van der Waals surface area contributed by atoms with Crippen molar-refractivity contribution in [2.24, 2.45) is 0 Å². The molecule has 1 aliphatic rings. The highest BCUT2D eigenvalue weighted by Gasteiger charge is 2.34. The van der Waals surface area contributed by atoms with Gasteiger partial charge in [-0.25, -0.2) is 0 Å². The molecule has 158 valence electrons. The molecule has 6 nitrogen and oxygen atoms in total. The van der Waals surface area contributed by atoms with Crippen LogP contribution in [0.1, 0.15) is 23.7 Å². The van der Waals surface area contributed by atoms with Crippen molar-refractivity contribution < 1.29 is 19.1 Å². The number of ether oxygens (including phenoxy) is 2. The van der Waals surface area contributed by atoms with E-state index in [1.807, 2.05) is 55.5 Å². The normalized spacial score (nSPS) is 14.9. The lowest BCUT2D eigenvalue weighted by atomic mass is 10.1. The fourth-order valence-corrected chi connectivity index (χ4v) is 3.37. The Hall–Kier alpha value is -3.80. The van der Waals surface area contributed by atoms with Crippen molar-refractivity contribution in [3.8, 4) is 17.2 Å². The van der Waals surface area contributed by atoms with Crippen molar-refractivity contribution in [3.05, 3.63) is 84.4 Å². The number of nitrogens with one attached hydrogen (secondary N) is 1. The number of carbonyl (C=O) groups is 2. The second-order valence-electron chi connectivity index (χ2n) is 7.22. The van der Waals surface area contributed by atoms with Crippen LogP contribution in [-0.2, 0) is 4.79 Å². The Bertz CT molecular complexity index is 1050. The number of anilines is 1. The number of fused-ring (bicyclic) bond motifs is 1. The van der Waals surface area contributed by atoms with Gasteiger partial charge in [0.15, 0.2) is 6.10 Å². The zero-order chi connectivity index (χ0) is 21.6. The van der Waals surface area contributed by atoms with E-state index in [-0.39, 0.29) is 18.4 Å². The Morgan fingerprint density at radius 2 is 1.65 bits per heavy atom. The Morgan fingerprint density at radius 3 is 2.39 bits per heavy atom. The zero-order valence-electron chi connectivity index (χ0n) is 17.3. The molecule has 0 radical (unpaired) electrons. The van der Waals surface area contributed by atoms with Crippen LogP contribution < -0.4 is 19.7 Å². The highest BCUT2D eigenvalue weighted by molar-refractivity contribution is 6.08. The smallest absolute Gasteiger partial charge is 0.262 e. The zero-order valence-corrected chi connectivity index (χ0v) is 17.3. The summed E-state index contributed by atoms with van der Waals surface area (Å²) in [7, 11) is 0. The number of para-hydroxylation sites is 3. The lowest BCUT2D eigenvalue weighted by Crippen LogP contribution is -2.50. The molecular weight excluding hydrogens is 392 g/mol. The molecule has 0 spiro atoms. The first-order valence-corrected chi connectivity index (χ1v) is 10.3. The first-order valence-electron chi connectivity index (χ1n) is 10.3. The van der Waals surface area contributed by atoms with Gasteiger partial charge in [-0.15, -0.1) is 0 Å². The van der Waals surface area contributed by atoms with Crippen LogP contribution in [0.15, 0.2) is 78.9 Å². The number of benzene rings is 3. The summed E-state index contributed by atoms with van der Waals surface area (Å²) >= 11 is 0. The van der Waals surface area contributed by atoms with Gasteiger partial charge in [-0.2, -0.15) is 0 Å². The third kappa shape index (κ3) is 4.69. The lowest BCUT2D eigenvalue weighted by molar-refractivity contribution is -0.127. The molecule has 0 aromatic heterocycles. The Morgan fingerprint density at radius 1 is 0.968 bits per heavy atom. The van der Waals surface area contributed by atoms with E-state index in [2.05, 4.69) is 5.32 Å². The summed E-state index contributed by atoms with van der Waals surface area (Å²) in [6, 6.07) is 23.7.